The molecule has 66 heavy (non-hydrogen) atoms. The third kappa shape index (κ3) is 5.42. The molecule has 0 radical (unpaired) electrons. The Morgan fingerprint density at radius 2 is 0.636 bits per heavy atom. The van der Waals surface area contributed by atoms with Gasteiger partial charge in [0, 0.05) is 68.6 Å². The topological polar surface area (TPSA) is 113 Å². The first-order valence-electron chi connectivity index (χ1n) is 21.7. The molecule has 0 atom stereocenters. The Bertz CT molecular complexity index is 3820. The highest BCUT2D eigenvalue weighted by molar-refractivity contribution is 6.37. The molecule has 0 aliphatic rings. The molecule has 6 heterocycles. The second kappa shape index (κ2) is 14.1. The van der Waals surface area contributed by atoms with E-state index in [0.29, 0.717) is 35.2 Å². The highest BCUT2D eigenvalue weighted by atomic mass is 15.2. The average molecular weight is 845 g/mol. The molecule has 0 N–H and O–H groups in total. The molecule has 0 aliphatic carbocycles. The standard InChI is InChI=1S/C56H32N10/c1-5-13-33(14-6-1)51-59-52(34-15-7-2-8-16-34)62-55(61-51)65-43-25-27-57-31-41(43)49-39-23-22-38-30-46-50(40-24-21-37(29-45(49)65)47(39)48(38)40)42-32-58-28-26-44(42)66(46)56-63-53(35-17-9-3-10-18-35)60-54(64-56)36-19-11-4-12-20-36/h1-32H. The Balaban J connectivity index is 1.04. The van der Waals surface area contributed by atoms with Crippen molar-refractivity contribution in [3.63, 3.8) is 0 Å². The number of pyridine rings is 2. The van der Waals surface area contributed by atoms with Gasteiger partial charge in [-0.05, 0) is 56.6 Å². The predicted octanol–water partition coefficient (Wildman–Crippen LogP) is 12.6. The number of aromatic nitrogens is 10. The van der Waals surface area contributed by atoms with Crippen LogP contribution in [0, 0.1) is 0 Å². The Hall–Kier alpha value is -9.28. The monoisotopic (exact) mass is 844 g/mol. The molecule has 306 valence electrons. The van der Waals surface area contributed by atoms with Crippen LogP contribution in [0.25, 0.3) is 133 Å². The molecular weight excluding hydrogens is 813 g/mol. The van der Waals surface area contributed by atoms with Crippen molar-refractivity contribution < 1.29 is 0 Å². The smallest absolute Gasteiger partial charge is 0.238 e. The number of nitrogens with zero attached hydrogens (tertiary/aromatic N) is 10. The Labute approximate surface area is 375 Å². The van der Waals surface area contributed by atoms with E-state index in [2.05, 4.69) is 67.6 Å². The van der Waals surface area contributed by atoms with Crippen molar-refractivity contribution in [3.8, 4) is 57.4 Å². The number of rotatable bonds is 6. The molecule has 0 saturated heterocycles. The van der Waals surface area contributed by atoms with Crippen LogP contribution >= 0.6 is 0 Å². The van der Waals surface area contributed by atoms with Crippen LogP contribution in [0.1, 0.15) is 0 Å². The van der Waals surface area contributed by atoms with Gasteiger partial charge in [0.2, 0.25) is 11.9 Å². The van der Waals surface area contributed by atoms with Crippen LogP contribution in [0.4, 0.5) is 0 Å². The molecule has 0 aliphatic heterocycles. The quantitative estimate of drug-likeness (QED) is 0.152. The fourth-order valence-electron chi connectivity index (χ4n) is 9.87. The van der Waals surface area contributed by atoms with E-state index < -0.39 is 0 Å². The molecule has 0 bridgehead atoms. The number of hydrogen-bond acceptors (Lipinski definition) is 8. The molecule has 10 heteroatoms. The lowest BCUT2D eigenvalue weighted by Gasteiger charge is -2.15. The molecule has 0 amide bonds. The first-order valence-corrected chi connectivity index (χ1v) is 21.7. The number of fused-ring (bicyclic) bond motifs is 8. The van der Waals surface area contributed by atoms with Crippen molar-refractivity contribution in [1.29, 1.82) is 0 Å². The number of benzene rings is 8. The van der Waals surface area contributed by atoms with Gasteiger partial charge in [-0.3, -0.25) is 19.1 Å². The Morgan fingerprint density at radius 1 is 0.288 bits per heavy atom. The molecule has 8 aromatic carbocycles. The summed E-state index contributed by atoms with van der Waals surface area (Å²) in [6, 6.07) is 58.0. The van der Waals surface area contributed by atoms with E-state index in [0.717, 1.165) is 87.4 Å². The van der Waals surface area contributed by atoms with E-state index in [-0.39, 0.29) is 0 Å². The third-order valence-corrected chi connectivity index (χ3v) is 12.7. The number of hydrogen-bond donors (Lipinski definition) is 0. The van der Waals surface area contributed by atoms with Gasteiger partial charge in [-0.15, -0.1) is 0 Å². The first-order chi connectivity index (χ1) is 32.7. The van der Waals surface area contributed by atoms with Gasteiger partial charge in [-0.25, -0.2) is 9.97 Å². The van der Waals surface area contributed by atoms with Crippen molar-refractivity contribution in [2.75, 3.05) is 0 Å². The minimum atomic E-state index is 0.535. The van der Waals surface area contributed by atoms with Crippen LogP contribution in [-0.4, -0.2) is 49.0 Å². The van der Waals surface area contributed by atoms with Crippen molar-refractivity contribution in [2.24, 2.45) is 0 Å². The minimum Gasteiger partial charge on any atom is -0.278 e. The summed E-state index contributed by atoms with van der Waals surface area (Å²) in [4.78, 5) is 40.1. The zero-order valence-electron chi connectivity index (χ0n) is 34.9. The van der Waals surface area contributed by atoms with Gasteiger partial charge < -0.3 is 0 Å². The average Bonchev–Trinajstić information content (AvgIpc) is 3.91. The van der Waals surface area contributed by atoms with Crippen LogP contribution in [0.3, 0.4) is 0 Å². The van der Waals surface area contributed by atoms with E-state index in [1.54, 1.807) is 0 Å². The maximum Gasteiger partial charge on any atom is 0.238 e. The Kier molecular flexibility index (Phi) is 7.75. The molecule has 14 rings (SSSR count). The van der Waals surface area contributed by atoms with Gasteiger partial charge >= 0.3 is 0 Å². The van der Waals surface area contributed by atoms with Crippen LogP contribution in [0.2, 0.25) is 0 Å². The van der Waals surface area contributed by atoms with Gasteiger partial charge in [0.25, 0.3) is 0 Å². The molecule has 6 aromatic heterocycles. The SMILES string of the molecule is c1ccc(-c2nc(-c3ccccc3)nc(-n3c4ccncc4c4c5ccc6cc7c(c8ccc(cc43)c5c68)c3cnccc3n7-c3nc(-c4ccccc4)nc(-c4ccccc4)n3)n2)cc1. The lowest BCUT2D eigenvalue weighted by atomic mass is 9.90. The fraction of sp³-hybridized carbons (Fsp3) is 0. The van der Waals surface area contributed by atoms with E-state index in [9.17, 15) is 0 Å². The highest BCUT2D eigenvalue weighted by Crippen LogP contribution is 2.46. The Morgan fingerprint density at radius 3 is 0.985 bits per heavy atom. The molecule has 14 aromatic rings. The van der Waals surface area contributed by atoms with Crippen LogP contribution < -0.4 is 0 Å². The lowest BCUT2D eigenvalue weighted by Crippen LogP contribution is -2.06. The molecule has 10 nitrogen and oxygen atoms in total. The maximum atomic E-state index is 5.18. The first kappa shape index (κ1) is 36.2. The fourth-order valence-corrected chi connectivity index (χ4v) is 9.87. The maximum absolute atomic E-state index is 5.18. The zero-order chi connectivity index (χ0) is 43.3. The van der Waals surface area contributed by atoms with Crippen LogP contribution in [-0.2, 0) is 0 Å². The van der Waals surface area contributed by atoms with Crippen LogP contribution in [0.5, 0.6) is 0 Å². The van der Waals surface area contributed by atoms with E-state index >= 15 is 0 Å². The molecular formula is C56H32N10. The van der Waals surface area contributed by atoms with Crippen molar-refractivity contribution in [3.05, 3.63) is 195 Å². The lowest BCUT2D eigenvalue weighted by molar-refractivity contribution is 0.953. The zero-order valence-corrected chi connectivity index (χ0v) is 34.9. The summed E-state index contributed by atoms with van der Waals surface area (Å²) in [6.07, 6.45) is 7.59. The summed E-state index contributed by atoms with van der Waals surface area (Å²) in [5.74, 6) is 3.47. The van der Waals surface area contributed by atoms with E-state index in [1.807, 2.05) is 146 Å². The molecule has 0 fully saturated rings. The van der Waals surface area contributed by atoms with Gasteiger partial charge in [0.1, 0.15) is 0 Å². The summed E-state index contributed by atoms with van der Waals surface area (Å²) in [7, 11) is 0. The summed E-state index contributed by atoms with van der Waals surface area (Å²) >= 11 is 0. The van der Waals surface area contributed by atoms with Gasteiger partial charge in [-0.1, -0.05) is 146 Å². The van der Waals surface area contributed by atoms with E-state index in [4.69, 9.17) is 29.9 Å². The van der Waals surface area contributed by atoms with Crippen molar-refractivity contribution in [2.45, 2.75) is 0 Å². The van der Waals surface area contributed by atoms with Crippen LogP contribution in [0.15, 0.2) is 195 Å². The van der Waals surface area contributed by atoms with Gasteiger partial charge in [0.15, 0.2) is 23.3 Å². The summed E-state index contributed by atoms with van der Waals surface area (Å²) in [6.45, 7) is 0. The summed E-state index contributed by atoms with van der Waals surface area (Å²) in [5, 5.41) is 11.0. The third-order valence-electron chi connectivity index (χ3n) is 12.7. The highest BCUT2D eigenvalue weighted by Gasteiger charge is 2.25. The summed E-state index contributed by atoms with van der Waals surface area (Å²) in [5.41, 5.74) is 7.53. The predicted molar refractivity (Wildman–Crippen MR) is 263 cm³/mol. The van der Waals surface area contributed by atoms with Crippen molar-refractivity contribution in [1.82, 2.24) is 49.0 Å². The molecule has 0 spiro atoms. The molecule has 0 saturated carbocycles. The molecule has 0 unspecified atom stereocenters. The summed E-state index contributed by atoms with van der Waals surface area (Å²) < 4.78 is 4.34. The van der Waals surface area contributed by atoms with Gasteiger partial charge in [0.05, 0.1) is 22.1 Å². The second-order valence-corrected chi connectivity index (χ2v) is 16.4. The minimum absolute atomic E-state index is 0.535. The van der Waals surface area contributed by atoms with Crippen molar-refractivity contribution >= 4 is 75.9 Å². The second-order valence-electron chi connectivity index (χ2n) is 16.4. The normalized spacial score (nSPS) is 11.9. The van der Waals surface area contributed by atoms with Gasteiger partial charge in [-0.2, -0.15) is 19.9 Å². The van der Waals surface area contributed by atoms with E-state index in [1.165, 1.54) is 10.8 Å². The largest absolute Gasteiger partial charge is 0.278 e.